The summed E-state index contributed by atoms with van der Waals surface area (Å²) in [6.45, 7) is 1.32. The lowest BCUT2D eigenvalue weighted by Gasteiger charge is -2.27. The summed E-state index contributed by atoms with van der Waals surface area (Å²) in [5.74, 6) is -2.42. The number of hydrogen-bond acceptors (Lipinski definition) is 4. The first-order valence-corrected chi connectivity index (χ1v) is 8.98. The zero-order valence-electron chi connectivity index (χ0n) is 13.1. The van der Waals surface area contributed by atoms with Gasteiger partial charge in [0.2, 0.25) is 15.9 Å². The number of carboxylic acid groups (broad SMARTS) is 1. The van der Waals surface area contributed by atoms with Gasteiger partial charge in [0.25, 0.3) is 0 Å². The third-order valence-corrected chi connectivity index (χ3v) is 5.63. The quantitative estimate of drug-likeness (QED) is 0.702. The van der Waals surface area contributed by atoms with Crippen LogP contribution >= 0.6 is 0 Å². The fourth-order valence-electron chi connectivity index (χ4n) is 2.68. The zero-order chi connectivity index (χ0) is 18.0. The maximum Gasteiger partial charge on any atom is 0.329 e. The van der Waals surface area contributed by atoms with Crippen LogP contribution in [0.2, 0.25) is 0 Å². The van der Waals surface area contributed by atoms with Gasteiger partial charge in [0.15, 0.2) is 0 Å². The van der Waals surface area contributed by atoms with Gasteiger partial charge < -0.3 is 10.4 Å². The number of carboxylic acids is 1. The van der Waals surface area contributed by atoms with Crippen LogP contribution in [0.3, 0.4) is 0 Å². The fourth-order valence-corrected chi connectivity index (χ4v) is 3.89. The Kier molecular flexibility index (Phi) is 5.24. The largest absolute Gasteiger partial charge is 0.480 e. The van der Waals surface area contributed by atoms with Gasteiger partial charge in [0.1, 0.15) is 11.4 Å². The van der Waals surface area contributed by atoms with Crippen molar-refractivity contribution in [2.45, 2.75) is 49.1 Å². The molecular formula is C15H19FN2O5S. The molecule has 0 radical (unpaired) electrons. The molecule has 3 N–H and O–H groups in total. The van der Waals surface area contributed by atoms with Gasteiger partial charge in [-0.25, -0.2) is 17.6 Å². The number of hydrogen-bond donors (Lipinski definition) is 3. The highest BCUT2D eigenvalue weighted by Gasteiger charge is 2.43. The van der Waals surface area contributed by atoms with Crippen LogP contribution in [0.15, 0.2) is 29.2 Å². The lowest BCUT2D eigenvalue weighted by molar-refractivity contribution is -0.147. The Balaban J connectivity index is 2.08. The van der Waals surface area contributed by atoms with E-state index in [1.54, 1.807) is 0 Å². The smallest absolute Gasteiger partial charge is 0.329 e. The summed E-state index contributed by atoms with van der Waals surface area (Å²) >= 11 is 0. The molecule has 2 rings (SSSR count). The van der Waals surface area contributed by atoms with Crippen molar-refractivity contribution in [2.24, 2.45) is 0 Å². The van der Waals surface area contributed by atoms with E-state index in [9.17, 15) is 27.5 Å². The van der Waals surface area contributed by atoms with Gasteiger partial charge >= 0.3 is 5.97 Å². The molecule has 0 saturated heterocycles. The highest BCUT2D eigenvalue weighted by molar-refractivity contribution is 7.89. The van der Waals surface area contributed by atoms with E-state index in [1.807, 2.05) is 0 Å². The van der Waals surface area contributed by atoms with E-state index in [4.69, 9.17) is 0 Å². The predicted molar refractivity (Wildman–Crippen MR) is 83.2 cm³/mol. The number of carbonyl (C=O) groups excluding carboxylic acids is 1. The summed E-state index contributed by atoms with van der Waals surface area (Å²) in [7, 11) is -4.02. The fraction of sp³-hybridized carbons (Fsp3) is 0.467. The molecule has 24 heavy (non-hydrogen) atoms. The van der Waals surface area contributed by atoms with E-state index >= 15 is 0 Å². The van der Waals surface area contributed by atoms with Gasteiger partial charge in [0.05, 0.1) is 10.9 Å². The molecule has 1 fully saturated rings. The number of halogens is 1. The molecule has 0 aliphatic heterocycles. The molecule has 0 unspecified atom stereocenters. The molecule has 132 valence electrons. The monoisotopic (exact) mass is 358 g/mol. The predicted octanol–water partition coefficient (Wildman–Crippen LogP) is 1.01. The van der Waals surface area contributed by atoms with Crippen LogP contribution in [0, 0.1) is 5.82 Å². The van der Waals surface area contributed by atoms with Gasteiger partial charge in [-0.05, 0) is 44.0 Å². The first-order chi connectivity index (χ1) is 11.2. The van der Waals surface area contributed by atoms with Crippen molar-refractivity contribution < 1.29 is 27.5 Å². The minimum atomic E-state index is -4.02. The van der Waals surface area contributed by atoms with E-state index in [0.29, 0.717) is 25.7 Å². The van der Waals surface area contributed by atoms with Crippen LogP contribution in [0.4, 0.5) is 4.39 Å². The second kappa shape index (κ2) is 6.86. The lowest BCUT2D eigenvalue weighted by Crippen LogP contribution is -2.57. The summed E-state index contributed by atoms with van der Waals surface area (Å²) in [4.78, 5) is 23.5. The molecule has 0 heterocycles. The van der Waals surface area contributed by atoms with Crippen LogP contribution in [-0.4, -0.2) is 37.0 Å². The van der Waals surface area contributed by atoms with Gasteiger partial charge in [0, 0.05) is 0 Å². The molecule has 0 spiro atoms. The number of sulfonamides is 1. The number of carbonyl (C=O) groups is 2. The second-order valence-electron chi connectivity index (χ2n) is 5.88. The maximum absolute atomic E-state index is 12.9. The van der Waals surface area contributed by atoms with E-state index in [2.05, 4.69) is 10.0 Å². The molecule has 1 aliphatic rings. The van der Waals surface area contributed by atoms with Crippen molar-refractivity contribution >= 4 is 21.9 Å². The van der Waals surface area contributed by atoms with Crippen molar-refractivity contribution in [1.29, 1.82) is 0 Å². The minimum Gasteiger partial charge on any atom is -0.480 e. The lowest BCUT2D eigenvalue weighted by atomic mass is 9.97. The Hall–Kier alpha value is -2.00. The van der Waals surface area contributed by atoms with Crippen molar-refractivity contribution in [3.63, 3.8) is 0 Å². The van der Waals surface area contributed by atoms with Crippen molar-refractivity contribution in [1.82, 2.24) is 10.0 Å². The summed E-state index contributed by atoms with van der Waals surface area (Å²) in [6, 6.07) is 2.99. The molecule has 7 nitrogen and oxygen atoms in total. The molecule has 1 atom stereocenters. The summed E-state index contributed by atoms with van der Waals surface area (Å²) in [6.07, 6.45) is 1.99. The topological polar surface area (TPSA) is 113 Å². The van der Waals surface area contributed by atoms with E-state index in [-0.39, 0.29) is 4.90 Å². The Bertz CT molecular complexity index is 727. The van der Waals surface area contributed by atoms with Crippen LogP contribution in [0.5, 0.6) is 0 Å². The van der Waals surface area contributed by atoms with Crippen molar-refractivity contribution in [2.75, 3.05) is 0 Å². The first kappa shape index (κ1) is 18.3. The number of benzene rings is 1. The molecule has 1 aliphatic carbocycles. The molecule has 0 aromatic heterocycles. The standard InChI is InChI=1S/C15H19FN2O5S/c1-10(13(19)17-15(14(20)21)8-2-3-9-15)18-24(22,23)12-6-4-11(16)5-7-12/h4-7,10,18H,2-3,8-9H2,1H3,(H,17,19)(H,20,21)/t10-/m1/s1. The van der Waals surface area contributed by atoms with Crippen LogP contribution < -0.4 is 10.0 Å². The minimum absolute atomic E-state index is 0.183. The average molecular weight is 358 g/mol. The second-order valence-corrected chi connectivity index (χ2v) is 7.59. The van der Waals surface area contributed by atoms with Crippen molar-refractivity contribution in [3.8, 4) is 0 Å². The van der Waals surface area contributed by atoms with E-state index in [0.717, 1.165) is 24.3 Å². The van der Waals surface area contributed by atoms with Gasteiger partial charge in [-0.1, -0.05) is 12.8 Å². The number of aliphatic carboxylic acids is 1. The molecular weight excluding hydrogens is 339 g/mol. The SMILES string of the molecule is C[C@@H](NS(=O)(=O)c1ccc(F)cc1)C(=O)NC1(C(=O)O)CCCC1. The molecule has 1 aromatic carbocycles. The summed E-state index contributed by atoms with van der Waals surface area (Å²) in [5.41, 5.74) is -1.34. The molecule has 1 amide bonds. The van der Waals surface area contributed by atoms with E-state index < -0.39 is 39.3 Å². The molecule has 1 aromatic rings. The Labute approximate surface area is 139 Å². The number of amides is 1. The molecule has 1 saturated carbocycles. The Morgan fingerprint density at radius 1 is 1.21 bits per heavy atom. The number of nitrogens with one attached hydrogen (secondary N) is 2. The van der Waals surface area contributed by atoms with E-state index in [1.165, 1.54) is 6.92 Å². The Morgan fingerprint density at radius 3 is 2.25 bits per heavy atom. The molecule has 0 bridgehead atoms. The maximum atomic E-state index is 12.9. The third kappa shape index (κ3) is 3.90. The van der Waals surface area contributed by atoms with Gasteiger partial charge in [-0.15, -0.1) is 0 Å². The highest BCUT2D eigenvalue weighted by atomic mass is 32.2. The zero-order valence-corrected chi connectivity index (χ0v) is 13.9. The normalized spacial score (nSPS) is 18.1. The van der Waals surface area contributed by atoms with Crippen LogP contribution in [0.1, 0.15) is 32.6 Å². The average Bonchev–Trinajstić information content (AvgIpc) is 2.97. The highest BCUT2D eigenvalue weighted by Crippen LogP contribution is 2.30. The van der Waals surface area contributed by atoms with Crippen molar-refractivity contribution in [3.05, 3.63) is 30.1 Å². The molecule has 9 heteroatoms. The van der Waals surface area contributed by atoms with Gasteiger partial charge in [-0.3, -0.25) is 4.79 Å². The number of rotatable bonds is 6. The van der Waals surface area contributed by atoms with Crippen LogP contribution in [0.25, 0.3) is 0 Å². The summed E-state index contributed by atoms with van der Waals surface area (Å²) in [5, 5.41) is 11.8. The summed E-state index contributed by atoms with van der Waals surface area (Å²) < 4.78 is 39.4. The third-order valence-electron chi connectivity index (χ3n) is 4.08. The Morgan fingerprint density at radius 2 is 1.75 bits per heavy atom. The van der Waals surface area contributed by atoms with Gasteiger partial charge in [-0.2, -0.15) is 4.72 Å². The van der Waals surface area contributed by atoms with Crippen LogP contribution in [-0.2, 0) is 19.6 Å². The first-order valence-electron chi connectivity index (χ1n) is 7.50.